The molecular formula is C30H41FO3. The Morgan fingerprint density at radius 1 is 0.971 bits per heavy atom. The molecule has 3 aliphatic rings. The first-order valence-corrected chi connectivity index (χ1v) is 13.4. The van der Waals surface area contributed by atoms with Crippen LogP contribution in [0.2, 0.25) is 0 Å². The zero-order chi connectivity index (χ0) is 23.9. The fourth-order valence-electron chi connectivity index (χ4n) is 7.02. The molecule has 1 aromatic rings. The van der Waals surface area contributed by atoms with Gasteiger partial charge in [0.15, 0.2) is 11.6 Å². The Labute approximate surface area is 204 Å². The molecule has 0 aliphatic heterocycles. The quantitative estimate of drug-likeness (QED) is 0.210. The summed E-state index contributed by atoms with van der Waals surface area (Å²) in [6.07, 6.45) is 18.4. The van der Waals surface area contributed by atoms with Gasteiger partial charge in [0.05, 0.1) is 5.92 Å². The van der Waals surface area contributed by atoms with Crippen LogP contribution < -0.4 is 9.47 Å². The van der Waals surface area contributed by atoms with Gasteiger partial charge in [-0.1, -0.05) is 44.4 Å². The van der Waals surface area contributed by atoms with Crippen molar-refractivity contribution in [3.05, 3.63) is 49.3 Å². The number of ether oxygens (including phenoxy) is 2. The first-order chi connectivity index (χ1) is 16.6. The molecule has 3 saturated carbocycles. The van der Waals surface area contributed by atoms with E-state index in [-0.39, 0.29) is 17.6 Å². The number of rotatable bonds is 9. The van der Waals surface area contributed by atoms with E-state index in [9.17, 15) is 9.18 Å². The summed E-state index contributed by atoms with van der Waals surface area (Å²) in [5.74, 6) is 3.06. The lowest BCUT2D eigenvalue weighted by Crippen LogP contribution is -2.40. The molecule has 3 nitrogen and oxygen atoms in total. The van der Waals surface area contributed by atoms with Crippen LogP contribution in [-0.4, -0.2) is 12.6 Å². The highest BCUT2D eigenvalue weighted by atomic mass is 19.1. The molecule has 0 N–H and O–H groups in total. The number of hydrogen-bond acceptors (Lipinski definition) is 3. The van der Waals surface area contributed by atoms with Crippen LogP contribution in [0.3, 0.4) is 0 Å². The third-order valence-electron chi connectivity index (χ3n) is 8.81. The SMILES string of the molecule is C=CCCC1CCC(C2CCC3C(CCCC3C(=O)Oc3ccc(OCC=C)cc3F)C2)CC1. The molecule has 34 heavy (non-hydrogen) atoms. The van der Waals surface area contributed by atoms with Crippen LogP contribution in [0.1, 0.15) is 77.0 Å². The third kappa shape index (κ3) is 6.12. The lowest BCUT2D eigenvalue weighted by molar-refractivity contribution is -0.144. The monoisotopic (exact) mass is 468 g/mol. The third-order valence-corrected chi connectivity index (χ3v) is 8.81. The van der Waals surface area contributed by atoms with Gasteiger partial charge >= 0.3 is 5.97 Å². The lowest BCUT2D eigenvalue weighted by atomic mass is 9.59. The van der Waals surface area contributed by atoms with Crippen LogP contribution in [0.25, 0.3) is 0 Å². The maximum Gasteiger partial charge on any atom is 0.314 e. The maximum absolute atomic E-state index is 14.5. The van der Waals surface area contributed by atoms with E-state index in [1.54, 1.807) is 12.1 Å². The van der Waals surface area contributed by atoms with E-state index in [2.05, 4.69) is 19.2 Å². The smallest absolute Gasteiger partial charge is 0.314 e. The Morgan fingerprint density at radius 2 is 1.76 bits per heavy atom. The van der Waals surface area contributed by atoms with Crippen LogP contribution >= 0.6 is 0 Å². The number of fused-ring (bicyclic) bond motifs is 1. The van der Waals surface area contributed by atoms with Crippen LogP contribution in [0.4, 0.5) is 4.39 Å². The van der Waals surface area contributed by atoms with Crippen molar-refractivity contribution >= 4 is 5.97 Å². The second-order valence-corrected chi connectivity index (χ2v) is 10.8. The molecule has 0 aromatic heterocycles. The summed E-state index contributed by atoms with van der Waals surface area (Å²) in [5.41, 5.74) is 0. The van der Waals surface area contributed by atoms with Gasteiger partial charge in [0.1, 0.15) is 12.4 Å². The van der Waals surface area contributed by atoms with E-state index < -0.39 is 5.82 Å². The molecule has 4 rings (SSSR count). The standard InChI is InChI=1S/C30H41FO3/c1-3-5-7-21-10-12-22(13-11-21)23-14-16-26-24(19-23)8-6-9-27(26)30(32)34-29-17-15-25(20-28(29)31)33-18-4-2/h3-4,15,17,20-24,26-27H,1-2,5-14,16,18-19H2. The lowest BCUT2D eigenvalue weighted by Gasteiger charge is -2.46. The summed E-state index contributed by atoms with van der Waals surface area (Å²) in [4.78, 5) is 13.1. The summed E-state index contributed by atoms with van der Waals surface area (Å²) in [5, 5.41) is 0. The Morgan fingerprint density at radius 3 is 2.50 bits per heavy atom. The predicted octanol–water partition coefficient (Wildman–Crippen LogP) is 7.90. The minimum absolute atomic E-state index is 0.0000217. The van der Waals surface area contributed by atoms with Crippen LogP contribution in [0.15, 0.2) is 43.5 Å². The normalized spacial score (nSPS) is 31.2. The van der Waals surface area contributed by atoms with Gasteiger partial charge in [-0.05, 0) is 93.1 Å². The molecule has 4 heteroatoms. The van der Waals surface area contributed by atoms with Gasteiger partial charge in [-0.3, -0.25) is 4.79 Å². The highest BCUT2D eigenvalue weighted by Gasteiger charge is 2.43. The number of esters is 1. The summed E-state index contributed by atoms with van der Waals surface area (Å²) >= 11 is 0. The Balaban J connectivity index is 1.31. The predicted molar refractivity (Wildman–Crippen MR) is 134 cm³/mol. The van der Waals surface area contributed by atoms with Crippen molar-refractivity contribution in [3.63, 3.8) is 0 Å². The number of benzene rings is 1. The Bertz CT molecular complexity index is 841. The molecule has 4 atom stereocenters. The van der Waals surface area contributed by atoms with Gasteiger partial charge in [-0.2, -0.15) is 0 Å². The highest BCUT2D eigenvalue weighted by Crippen LogP contribution is 2.50. The molecular weight excluding hydrogens is 427 g/mol. The molecule has 3 fully saturated rings. The van der Waals surface area contributed by atoms with E-state index in [0.29, 0.717) is 24.2 Å². The molecule has 0 radical (unpaired) electrons. The number of halogens is 1. The summed E-state index contributed by atoms with van der Waals surface area (Å²) < 4.78 is 25.5. The van der Waals surface area contributed by atoms with Crippen LogP contribution in [0, 0.1) is 41.3 Å². The summed E-state index contributed by atoms with van der Waals surface area (Å²) in [7, 11) is 0. The van der Waals surface area contributed by atoms with Crippen molar-refractivity contribution in [1.29, 1.82) is 0 Å². The first-order valence-electron chi connectivity index (χ1n) is 13.4. The molecule has 186 valence electrons. The maximum atomic E-state index is 14.5. The van der Waals surface area contributed by atoms with E-state index >= 15 is 0 Å². The first kappa shape index (κ1) is 25.0. The Kier molecular flexibility index (Phi) is 8.86. The van der Waals surface area contributed by atoms with Crippen molar-refractivity contribution in [2.45, 2.75) is 77.0 Å². The van der Waals surface area contributed by atoms with Gasteiger partial charge in [-0.15, -0.1) is 6.58 Å². The van der Waals surface area contributed by atoms with Gasteiger partial charge in [-0.25, -0.2) is 4.39 Å². The van der Waals surface area contributed by atoms with Gasteiger partial charge < -0.3 is 9.47 Å². The largest absolute Gasteiger partial charge is 0.489 e. The number of hydrogen-bond donors (Lipinski definition) is 0. The van der Waals surface area contributed by atoms with Crippen molar-refractivity contribution in [1.82, 2.24) is 0 Å². The molecule has 4 unspecified atom stereocenters. The fourth-order valence-corrected chi connectivity index (χ4v) is 7.02. The number of allylic oxidation sites excluding steroid dienone is 1. The zero-order valence-corrected chi connectivity index (χ0v) is 20.6. The second kappa shape index (κ2) is 12.0. The van der Waals surface area contributed by atoms with E-state index in [4.69, 9.17) is 9.47 Å². The number of carbonyl (C=O) groups is 1. The fraction of sp³-hybridized carbons (Fsp3) is 0.633. The topological polar surface area (TPSA) is 35.5 Å². The van der Waals surface area contributed by atoms with Gasteiger partial charge in [0, 0.05) is 6.07 Å². The van der Waals surface area contributed by atoms with E-state index in [1.165, 1.54) is 63.5 Å². The average Bonchev–Trinajstić information content (AvgIpc) is 2.87. The minimum Gasteiger partial charge on any atom is -0.489 e. The summed E-state index contributed by atoms with van der Waals surface area (Å²) in [6.45, 7) is 7.77. The van der Waals surface area contributed by atoms with E-state index in [1.807, 2.05) is 0 Å². The van der Waals surface area contributed by atoms with E-state index in [0.717, 1.165) is 43.4 Å². The number of carbonyl (C=O) groups excluding carboxylic acids is 1. The van der Waals surface area contributed by atoms with Crippen molar-refractivity contribution in [2.24, 2.45) is 35.5 Å². The van der Waals surface area contributed by atoms with Crippen molar-refractivity contribution < 1.29 is 18.7 Å². The molecule has 1 aromatic carbocycles. The molecule has 3 aliphatic carbocycles. The van der Waals surface area contributed by atoms with Gasteiger partial charge in [0.2, 0.25) is 0 Å². The minimum atomic E-state index is -0.560. The molecule has 0 bridgehead atoms. The highest BCUT2D eigenvalue weighted by molar-refractivity contribution is 5.75. The molecule has 0 heterocycles. The van der Waals surface area contributed by atoms with Gasteiger partial charge in [0.25, 0.3) is 0 Å². The second-order valence-electron chi connectivity index (χ2n) is 10.8. The molecule has 0 saturated heterocycles. The summed E-state index contributed by atoms with van der Waals surface area (Å²) in [6, 6.07) is 4.40. The van der Waals surface area contributed by atoms with Crippen LogP contribution in [0.5, 0.6) is 11.5 Å². The Hall–Kier alpha value is -2.10. The average molecular weight is 469 g/mol. The van der Waals surface area contributed by atoms with Crippen LogP contribution in [-0.2, 0) is 4.79 Å². The molecule has 0 amide bonds. The van der Waals surface area contributed by atoms with Crippen molar-refractivity contribution in [3.8, 4) is 11.5 Å². The zero-order valence-electron chi connectivity index (χ0n) is 20.6. The van der Waals surface area contributed by atoms with Crippen molar-refractivity contribution in [2.75, 3.05) is 6.61 Å². The molecule has 0 spiro atoms.